The molecule has 2 aromatic carbocycles. The molecular formula is C18H17ClFNO3. The quantitative estimate of drug-likeness (QED) is 0.838. The molecule has 126 valence electrons. The van der Waals surface area contributed by atoms with Gasteiger partial charge in [-0.3, -0.25) is 4.79 Å². The smallest absolute Gasteiger partial charge is 0.338 e. The summed E-state index contributed by atoms with van der Waals surface area (Å²) in [6.45, 7) is 5.19. The summed E-state index contributed by atoms with van der Waals surface area (Å²) < 4.78 is 18.2. The first-order chi connectivity index (χ1) is 11.3. The largest absolute Gasteiger partial charge is 0.449 e. The fourth-order valence-corrected chi connectivity index (χ4v) is 2.41. The van der Waals surface area contributed by atoms with Gasteiger partial charge in [0.1, 0.15) is 5.82 Å². The Labute approximate surface area is 144 Å². The van der Waals surface area contributed by atoms with Crippen molar-refractivity contribution in [2.45, 2.75) is 26.9 Å². The number of halogens is 2. The maximum absolute atomic E-state index is 13.0. The van der Waals surface area contributed by atoms with Crippen LogP contribution in [0.3, 0.4) is 0 Å². The third kappa shape index (κ3) is 4.55. The number of hydrogen-bond acceptors (Lipinski definition) is 3. The highest BCUT2D eigenvalue weighted by atomic mass is 35.5. The summed E-state index contributed by atoms with van der Waals surface area (Å²) in [5.41, 5.74) is 2.48. The molecule has 2 rings (SSSR count). The number of rotatable bonds is 4. The number of hydrogen-bond donors (Lipinski definition) is 1. The number of carbonyl (C=O) groups excluding carboxylic acids is 2. The summed E-state index contributed by atoms with van der Waals surface area (Å²) in [5.74, 6) is -1.65. The molecule has 0 spiro atoms. The predicted octanol–water partition coefficient (Wildman–Crippen LogP) is 4.28. The Morgan fingerprint density at radius 2 is 1.75 bits per heavy atom. The number of anilines is 1. The first-order valence-corrected chi connectivity index (χ1v) is 7.69. The second-order valence-electron chi connectivity index (χ2n) is 5.54. The molecule has 1 atom stereocenters. The van der Waals surface area contributed by atoms with E-state index in [1.165, 1.54) is 19.1 Å². The van der Waals surface area contributed by atoms with Crippen molar-refractivity contribution < 1.29 is 18.7 Å². The van der Waals surface area contributed by atoms with Gasteiger partial charge in [0.25, 0.3) is 5.91 Å². The van der Waals surface area contributed by atoms with E-state index in [0.717, 1.165) is 17.2 Å². The van der Waals surface area contributed by atoms with Crippen molar-refractivity contribution in [3.05, 3.63) is 63.9 Å². The number of esters is 1. The number of aryl methyl sites for hydroxylation is 2. The second-order valence-corrected chi connectivity index (χ2v) is 5.94. The lowest BCUT2D eigenvalue weighted by Gasteiger charge is -2.14. The van der Waals surface area contributed by atoms with Crippen molar-refractivity contribution >= 4 is 29.2 Å². The van der Waals surface area contributed by atoms with E-state index in [4.69, 9.17) is 16.3 Å². The summed E-state index contributed by atoms with van der Waals surface area (Å²) in [4.78, 5) is 24.3. The molecule has 1 amide bonds. The summed E-state index contributed by atoms with van der Waals surface area (Å²) >= 11 is 5.85. The third-order valence-electron chi connectivity index (χ3n) is 3.30. The van der Waals surface area contributed by atoms with Crippen LogP contribution in [-0.2, 0) is 9.53 Å². The van der Waals surface area contributed by atoms with Crippen molar-refractivity contribution in [3.8, 4) is 0 Å². The SMILES string of the molecule is Cc1cc(C)cc(C(=O)OC(C)C(=O)Nc2ccc(F)cc2Cl)c1. The van der Waals surface area contributed by atoms with E-state index >= 15 is 0 Å². The van der Waals surface area contributed by atoms with E-state index in [9.17, 15) is 14.0 Å². The zero-order chi connectivity index (χ0) is 17.9. The average molecular weight is 350 g/mol. The van der Waals surface area contributed by atoms with Crippen LogP contribution in [0, 0.1) is 19.7 Å². The average Bonchev–Trinajstić information content (AvgIpc) is 2.48. The molecule has 0 aliphatic rings. The van der Waals surface area contributed by atoms with Crippen LogP contribution in [0.5, 0.6) is 0 Å². The summed E-state index contributed by atoms with van der Waals surface area (Å²) in [6, 6.07) is 8.92. The molecule has 0 heterocycles. The van der Waals surface area contributed by atoms with E-state index in [1.807, 2.05) is 19.9 Å². The maximum atomic E-state index is 13.0. The monoisotopic (exact) mass is 349 g/mol. The Morgan fingerprint density at radius 1 is 1.12 bits per heavy atom. The van der Waals surface area contributed by atoms with Crippen molar-refractivity contribution in [1.29, 1.82) is 0 Å². The van der Waals surface area contributed by atoms with E-state index in [-0.39, 0.29) is 10.7 Å². The lowest BCUT2D eigenvalue weighted by Crippen LogP contribution is -2.30. The van der Waals surface area contributed by atoms with Crippen LogP contribution in [-0.4, -0.2) is 18.0 Å². The molecule has 0 bridgehead atoms. The highest BCUT2D eigenvalue weighted by molar-refractivity contribution is 6.33. The van der Waals surface area contributed by atoms with Gasteiger partial charge in [0.05, 0.1) is 16.3 Å². The second kappa shape index (κ2) is 7.45. The van der Waals surface area contributed by atoms with Gasteiger partial charge >= 0.3 is 5.97 Å². The normalized spacial score (nSPS) is 11.7. The molecule has 6 heteroatoms. The summed E-state index contributed by atoms with van der Waals surface area (Å²) in [6.07, 6.45) is -1.03. The molecule has 1 N–H and O–H groups in total. The summed E-state index contributed by atoms with van der Waals surface area (Å²) in [7, 11) is 0. The minimum absolute atomic E-state index is 0.0659. The minimum Gasteiger partial charge on any atom is -0.449 e. The van der Waals surface area contributed by atoms with E-state index in [1.54, 1.807) is 12.1 Å². The number of ether oxygens (including phenoxy) is 1. The van der Waals surface area contributed by atoms with Crippen molar-refractivity contribution in [2.75, 3.05) is 5.32 Å². The Hall–Kier alpha value is -2.40. The van der Waals surface area contributed by atoms with Crippen LogP contribution >= 0.6 is 11.6 Å². The third-order valence-corrected chi connectivity index (χ3v) is 3.61. The van der Waals surface area contributed by atoms with Gasteiger partial charge in [0.2, 0.25) is 0 Å². The number of benzene rings is 2. The molecule has 2 aromatic rings. The molecule has 0 aliphatic carbocycles. The Kier molecular flexibility index (Phi) is 5.57. The molecule has 0 saturated carbocycles. The molecule has 24 heavy (non-hydrogen) atoms. The molecule has 1 unspecified atom stereocenters. The topological polar surface area (TPSA) is 55.4 Å². The minimum atomic E-state index is -1.03. The molecular weight excluding hydrogens is 333 g/mol. The van der Waals surface area contributed by atoms with E-state index in [2.05, 4.69) is 5.32 Å². The van der Waals surface area contributed by atoms with Gasteiger partial charge in [-0.25, -0.2) is 9.18 Å². The Bertz CT molecular complexity index is 772. The highest BCUT2D eigenvalue weighted by Crippen LogP contribution is 2.22. The zero-order valence-electron chi connectivity index (χ0n) is 13.5. The number of carbonyl (C=O) groups is 2. The van der Waals surface area contributed by atoms with Gasteiger partial charge in [-0.2, -0.15) is 0 Å². The van der Waals surface area contributed by atoms with Crippen molar-refractivity contribution in [3.63, 3.8) is 0 Å². The van der Waals surface area contributed by atoms with Crippen molar-refractivity contribution in [1.82, 2.24) is 0 Å². The van der Waals surface area contributed by atoms with Gasteiger partial charge < -0.3 is 10.1 Å². The number of amides is 1. The van der Waals surface area contributed by atoms with Crippen molar-refractivity contribution in [2.24, 2.45) is 0 Å². The fourth-order valence-electron chi connectivity index (χ4n) is 2.20. The van der Waals surface area contributed by atoms with Crippen LogP contribution in [0.15, 0.2) is 36.4 Å². The molecule has 4 nitrogen and oxygen atoms in total. The summed E-state index contributed by atoms with van der Waals surface area (Å²) in [5, 5.41) is 2.57. The Balaban J connectivity index is 2.04. The fraction of sp³-hybridized carbons (Fsp3) is 0.222. The zero-order valence-corrected chi connectivity index (χ0v) is 14.3. The van der Waals surface area contributed by atoms with E-state index < -0.39 is 23.8 Å². The van der Waals surface area contributed by atoms with E-state index in [0.29, 0.717) is 5.56 Å². The molecule has 0 aromatic heterocycles. The lowest BCUT2D eigenvalue weighted by atomic mass is 10.1. The first kappa shape index (κ1) is 17.9. The van der Waals surface area contributed by atoms with Crippen LogP contribution < -0.4 is 5.32 Å². The molecule has 0 aliphatic heterocycles. The first-order valence-electron chi connectivity index (χ1n) is 7.31. The van der Waals surface area contributed by atoms with Gasteiger partial charge in [-0.1, -0.05) is 28.8 Å². The molecule has 0 saturated heterocycles. The van der Waals surface area contributed by atoms with Crippen LogP contribution in [0.25, 0.3) is 0 Å². The maximum Gasteiger partial charge on any atom is 0.338 e. The standard InChI is InChI=1S/C18H17ClFNO3/c1-10-6-11(2)8-13(7-10)18(23)24-12(3)17(22)21-16-5-4-14(20)9-15(16)19/h4-9,12H,1-3H3,(H,21,22). The van der Waals surface area contributed by atoms with Crippen LogP contribution in [0.1, 0.15) is 28.4 Å². The van der Waals surface area contributed by atoms with Gasteiger partial charge in [-0.05, 0) is 51.1 Å². The van der Waals surface area contributed by atoms with Crippen LogP contribution in [0.4, 0.5) is 10.1 Å². The van der Waals surface area contributed by atoms with Gasteiger partial charge in [0, 0.05) is 0 Å². The predicted molar refractivity (Wildman–Crippen MR) is 90.8 cm³/mol. The molecule has 0 fully saturated rings. The highest BCUT2D eigenvalue weighted by Gasteiger charge is 2.20. The van der Waals surface area contributed by atoms with Gasteiger partial charge in [-0.15, -0.1) is 0 Å². The van der Waals surface area contributed by atoms with Crippen LogP contribution in [0.2, 0.25) is 5.02 Å². The molecule has 0 radical (unpaired) electrons. The van der Waals surface area contributed by atoms with Gasteiger partial charge in [0.15, 0.2) is 6.10 Å². The lowest BCUT2D eigenvalue weighted by molar-refractivity contribution is -0.123. The number of nitrogens with one attached hydrogen (secondary N) is 1. The Morgan fingerprint density at radius 3 is 2.33 bits per heavy atom.